The van der Waals surface area contributed by atoms with Gasteiger partial charge in [-0.1, -0.05) is 18.7 Å². The average molecular weight is 240 g/mol. The number of para-hydroxylation sites is 1. The summed E-state index contributed by atoms with van der Waals surface area (Å²) < 4.78 is 35.1. The summed E-state index contributed by atoms with van der Waals surface area (Å²) in [5, 5.41) is 0. The molecule has 0 aromatic heterocycles. The van der Waals surface area contributed by atoms with E-state index in [0.717, 1.165) is 6.26 Å². The van der Waals surface area contributed by atoms with Gasteiger partial charge in [-0.15, -0.1) is 0 Å². The molecule has 0 aliphatic carbocycles. The number of rotatable bonds is 3. The first-order valence-corrected chi connectivity index (χ1v) is 4.84. The first kappa shape index (κ1) is 14.3. The zero-order valence-corrected chi connectivity index (χ0v) is 7.49. The molecule has 72 valence electrons. The van der Waals surface area contributed by atoms with Crippen molar-refractivity contribution in [1.29, 1.82) is 0 Å². The van der Waals surface area contributed by atoms with Crippen LogP contribution in [0.25, 0.3) is 0 Å². The summed E-state index contributed by atoms with van der Waals surface area (Å²) in [6.07, 6.45) is 1.09. The van der Waals surface area contributed by atoms with Crippen LogP contribution in [0.1, 0.15) is 0 Å². The van der Waals surface area contributed by atoms with Crippen molar-refractivity contribution in [2.75, 3.05) is 0 Å². The van der Waals surface area contributed by atoms with E-state index in [1.807, 2.05) is 0 Å². The van der Waals surface area contributed by atoms with Crippen molar-refractivity contribution >= 4 is 61.5 Å². The number of benzene rings is 1. The molecule has 14 heavy (non-hydrogen) atoms. The van der Waals surface area contributed by atoms with E-state index in [1.54, 1.807) is 6.07 Å². The molecule has 1 rings (SSSR count). The molecule has 0 aliphatic rings. The predicted octanol–water partition coefficient (Wildman–Crippen LogP) is 0.807. The summed E-state index contributed by atoms with van der Waals surface area (Å²) in [6, 6.07) is 5.74. The van der Waals surface area contributed by atoms with E-state index >= 15 is 0 Å². The van der Waals surface area contributed by atoms with E-state index in [2.05, 4.69) is 6.58 Å². The van der Waals surface area contributed by atoms with Crippen LogP contribution in [-0.4, -0.2) is 64.4 Å². The van der Waals surface area contributed by atoms with Gasteiger partial charge in [-0.2, -0.15) is 8.42 Å². The molecule has 0 unspecified atom stereocenters. The minimum atomic E-state index is -4.23. The van der Waals surface area contributed by atoms with Crippen molar-refractivity contribution in [1.82, 2.24) is 0 Å². The minimum absolute atomic E-state index is 0. The van der Waals surface area contributed by atoms with Crippen molar-refractivity contribution in [2.24, 2.45) is 0 Å². The van der Waals surface area contributed by atoms with E-state index in [9.17, 15) is 8.42 Å². The van der Waals surface area contributed by atoms with Gasteiger partial charge in [-0.25, -0.2) is 0 Å². The monoisotopic (exact) mass is 240 g/mol. The zero-order chi connectivity index (χ0) is 9.90. The van der Waals surface area contributed by atoms with Crippen molar-refractivity contribution in [3.63, 3.8) is 0 Å². The maximum atomic E-state index is 10.8. The third kappa shape index (κ3) is 3.82. The Morgan fingerprint density at radius 2 is 1.93 bits per heavy atom. The first-order valence-electron chi connectivity index (χ1n) is 3.40. The Morgan fingerprint density at radius 1 is 1.36 bits per heavy atom. The van der Waals surface area contributed by atoms with Crippen molar-refractivity contribution in [3.05, 3.63) is 37.1 Å². The Labute approximate surface area is 125 Å². The number of ether oxygens (including phenoxy) is 1. The second-order valence-corrected chi connectivity index (χ2v) is 3.60. The molecule has 1 aromatic rings. The Balaban J connectivity index is 0.00000169. The Kier molecular flexibility index (Phi) is 6.14. The van der Waals surface area contributed by atoms with Gasteiger partial charge in [0.1, 0.15) is 10.6 Å². The SMILES string of the molecule is C=COc1ccccc1S(=O)(=O)O.[KH]. The molecule has 0 saturated heterocycles. The molecule has 6 heteroatoms. The Hall–Kier alpha value is 0.306. The molecule has 0 fully saturated rings. The van der Waals surface area contributed by atoms with Gasteiger partial charge in [0, 0.05) is 0 Å². The zero-order valence-electron chi connectivity index (χ0n) is 6.67. The standard InChI is InChI=1S/C8H8O4S.K.H/c1-2-12-7-5-3-4-6-8(7)13(9,10)11;;/h2-6H,1H2,(H,9,10,11);;. The predicted molar refractivity (Wildman–Crippen MR) is 54.2 cm³/mol. The second kappa shape index (κ2) is 6.01. The van der Waals surface area contributed by atoms with Crippen molar-refractivity contribution in [2.45, 2.75) is 4.90 Å². The molecular weight excluding hydrogens is 231 g/mol. The first-order chi connectivity index (χ1) is 6.05. The van der Waals surface area contributed by atoms with Gasteiger partial charge in [0.25, 0.3) is 10.1 Å². The third-order valence-corrected chi connectivity index (χ3v) is 2.23. The van der Waals surface area contributed by atoms with Crippen molar-refractivity contribution in [3.8, 4) is 5.75 Å². The molecule has 0 radical (unpaired) electrons. The van der Waals surface area contributed by atoms with Crippen LogP contribution in [0.2, 0.25) is 0 Å². The summed E-state index contributed by atoms with van der Waals surface area (Å²) in [7, 11) is -4.23. The van der Waals surface area contributed by atoms with Crippen LogP contribution >= 0.6 is 0 Å². The molecule has 0 atom stereocenters. The Morgan fingerprint density at radius 3 is 2.43 bits per heavy atom. The van der Waals surface area contributed by atoms with Gasteiger partial charge in [-0.05, 0) is 12.1 Å². The van der Waals surface area contributed by atoms with Crippen LogP contribution < -0.4 is 4.74 Å². The van der Waals surface area contributed by atoms with E-state index < -0.39 is 10.1 Å². The van der Waals surface area contributed by atoms with Gasteiger partial charge in [0.2, 0.25) is 0 Å². The quantitative estimate of drug-likeness (QED) is 0.482. The fourth-order valence-electron chi connectivity index (χ4n) is 0.850. The fraction of sp³-hybridized carbons (Fsp3) is 0. The molecule has 0 saturated carbocycles. The van der Waals surface area contributed by atoms with Gasteiger partial charge in [-0.3, -0.25) is 4.55 Å². The van der Waals surface area contributed by atoms with E-state index in [1.165, 1.54) is 18.2 Å². The molecule has 1 aromatic carbocycles. The maximum absolute atomic E-state index is 10.8. The van der Waals surface area contributed by atoms with Crippen LogP contribution in [-0.2, 0) is 10.1 Å². The molecule has 0 spiro atoms. The second-order valence-electron chi connectivity index (χ2n) is 2.21. The fourth-order valence-corrected chi connectivity index (χ4v) is 1.47. The summed E-state index contributed by atoms with van der Waals surface area (Å²) in [6.45, 7) is 3.28. The Bertz CT molecular complexity index is 413. The topological polar surface area (TPSA) is 63.6 Å². The summed E-state index contributed by atoms with van der Waals surface area (Å²) >= 11 is 0. The van der Waals surface area contributed by atoms with E-state index in [0.29, 0.717) is 0 Å². The normalized spacial score (nSPS) is 10.1. The van der Waals surface area contributed by atoms with Crippen molar-refractivity contribution < 1.29 is 17.7 Å². The molecular formula is C8H9KO4S. The van der Waals surface area contributed by atoms with Crippen LogP contribution in [0.15, 0.2) is 42.0 Å². The van der Waals surface area contributed by atoms with E-state index in [4.69, 9.17) is 9.29 Å². The third-order valence-electron chi connectivity index (χ3n) is 1.34. The van der Waals surface area contributed by atoms with Crippen LogP contribution in [0.5, 0.6) is 5.75 Å². The molecule has 1 N–H and O–H groups in total. The number of hydrogen-bond donors (Lipinski definition) is 1. The molecule has 0 bridgehead atoms. The molecule has 0 aliphatic heterocycles. The van der Waals surface area contributed by atoms with E-state index in [-0.39, 0.29) is 62.0 Å². The average Bonchev–Trinajstić information content (AvgIpc) is 2.04. The summed E-state index contributed by atoms with van der Waals surface area (Å²) in [5.74, 6) is 0.0556. The van der Waals surface area contributed by atoms with Gasteiger partial charge < -0.3 is 4.74 Å². The van der Waals surface area contributed by atoms with Crippen LogP contribution in [0.4, 0.5) is 0 Å². The van der Waals surface area contributed by atoms with Crippen LogP contribution in [0.3, 0.4) is 0 Å². The summed E-state index contributed by atoms with van der Waals surface area (Å²) in [4.78, 5) is -0.269. The number of hydrogen-bond acceptors (Lipinski definition) is 3. The molecule has 0 amide bonds. The van der Waals surface area contributed by atoms with Gasteiger partial charge >= 0.3 is 51.4 Å². The van der Waals surface area contributed by atoms with Gasteiger partial charge in [0.05, 0.1) is 6.26 Å². The molecule has 0 heterocycles. The van der Waals surface area contributed by atoms with Crippen LogP contribution in [0, 0.1) is 0 Å². The molecule has 4 nitrogen and oxygen atoms in total. The summed E-state index contributed by atoms with van der Waals surface area (Å²) in [5.41, 5.74) is 0. The van der Waals surface area contributed by atoms with Gasteiger partial charge in [0.15, 0.2) is 0 Å².